The average Bonchev–Trinajstić information content (AvgIpc) is 2.95. The number of nitrogens with one attached hydrogen (secondary N) is 2. The summed E-state index contributed by atoms with van der Waals surface area (Å²) >= 11 is 4.88. The first-order valence-corrected chi connectivity index (χ1v) is 11.2. The molecule has 2 aliphatic heterocycles. The van der Waals surface area contributed by atoms with Gasteiger partial charge < -0.3 is 24.4 Å². The van der Waals surface area contributed by atoms with E-state index in [1.807, 2.05) is 0 Å². The van der Waals surface area contributed by atoms with Gasteiger partial charge in [-0.1, -0.05) is 7.43 Å². The lowest BCUT2D eigenvalue weighted by Gasteiger charge is -2.27. The number of carbonyl (C=O) groups is 2. The number of anilines is 2. The summed E-state index contributed by atoms with van der Waals surface area (Å²) in [6.07, 6.45) is -1.84. The lowest BCUT2D eigenvalue weighted by molar-refractivity contribution is 0.0161. The fraction of sp³-hybridized carbons (Fsp3) is 0.591. The summed E-state index contributed by atoms with van der Waals surface area (Å²) in [5.41, 5.74) is 2.06. The number of rotatable bonds is 4. The van der Waals surface area contributed by atoms with Crippen LogP contribution in [0.2, 0.25) is 0 Å². The molecular weight excluding hydrogens is 484 g/mol. The van der Waals surface area contributed by atoms with Gasteiger partial charge in [-0.25, -0.2) is 28.8 Å². The number of hydrazine groups is 1. The molecule has 3 rings (SSSR count). The SMILES string of the molecule is C.COC(=S)NC[C@H]1CN(c2cc(F)c(N3CCNN(C(=O)OC(C)(C)C)CC3)c(F)c2)C(=O)O1. The lowest BCUT2D eigenvalue weighted by Crippen LogP contribution is -2.46. The minimum absolute atomic E-state index is 0. The van der Waals surface area contributed by atoms with E-state index in [9.17, 15) is 9.59 Å². The second-order valence-electron chi connectivity index (χ2n) is 8.77. The molecule has 35 heavy (non-hydrogen) atoms. The third-order valence-electron chi connectivity index (χ3n) is 5.05. The van der Waals surface area contributed by atoms with Gasteiger partial charge in [-0.05, 0) is 33.0 Å². The molecule has 2 aliphatic rings. The molecule has 1 aromatic carbocycles. The van der Waals surface area contributed by atoms with E-state index in [1.54, 1.807) is 20.8 Å². The molecule has 0 aromatic heterocycles. The van der Waals surface area contributed by atoms with Crippen molar-refractivity contribution in [2.75, 3.05) is 56.2 Å². The fourth-order valence-corrected chi connectivity index (χ4v) is 3.63. The number of thiocarbonyl (C=S) groups is 1. The molecule has 2 fully saturated rings. The summed E-state index contributed by atoms with van der Waals surface area (Å²) in [5.74, 6) is -1.65. The van der Waals surface area contributed by atoms with E-state index in [0.717, 1.165) is 17.0 Å². The van der Waals surface area contributed by atoms with E-state index in [-0.39, 0.29) is 63.2 Å². The van der Waals surface area contributed by atoms with Crippen LogP contribution in [0.15, 0.2) is 12.1 Å². The maximum absolute atomic E-state index is 15.1. The first-order chi connectivity index (χ1) is 16.0. The summed E-state index contributed by atoms with van der Waals surface area (Å²) in [6.45, 7) is 6.42. The fourth-order valence-electron chi connectivity index (χ4n) is 3.55. The van der Waals surface area contributed by atoms with Gasteiger partial charge in [0.15, 0.2) is 11.6 Å². The van der Waals surface area contributed by atoms with Gasteiger partial charge in [0, 0.05) is 31.8 Å². The molecule has 13 heteroatoms. The minimum Gasteiger partial charge on any atom is -0.474 e. The molecule has 2 amide bonds. The molecule has 0 aliphatic carbocycles. The second-order valence-corrected chi connectivity index (χ2v) is 9.14. The van der Waals surface area contributed by atoms with Gasteiger partial charge in [0.2, 0.25) is 0 Å². The monoisotopic (exact) mass is 517 g/mol. The van der Waals surface area contributed by atoms with Crippen molar-refractivity contribution in [1.29, 1.82) is 0 Å². The van der Waals surface area contributed by atoms with Gasteiger partial charge in [-0.15, -0.1) is 0 Å². The predicted molar refractivity (Wildman–Crippen MR) is 131 cm³/mol. The normalized spacial score (nSPS) is 18.4. The van der Waals surface area contributed by atoms with Crippen LogP contribution < -0.4 is 20.5 Å². The Bertz CT molecular complexity index is 922. The predicted octanol–water partition coefficient (Wildman–Crippen LogP) is 3.01. The van der Waals surface area contributed by atoms with Crippen molar-refractivity contribution in [3.63, 3.8) is 0 Å². The Morgan fingerprint density at radius 2 is 1.91 bits per heavy atom. The number of amides is 2. The van der Waals surface area contributed by atoms with Gasteiger partial charge in [0.05, 0.1) is 32.4 Å². The highest BCUT2D eigenvalue weighted by molar-refractivity contribution is 7.80. The molecule has 1 atom stereocenters. The standard InChI is InChI=1S/C21H29F2N5O5S.CH4/c1-21(2,3)33-20(30)28-8-7-26(6-5-25-28)17-15(22)9-13(10-16(17)23)27-12-14(32-19(27)29)11-24-18(34)31-4;/h9-10,14,25H,5-8,11-12H2,1-4H3,(H,24,34);1H4/t14-;/m0./s1. The maximum Gasteiger partial charge on any atom is 0.424 e. The minimum atomic E-state index is -0.823. The van der Waals surface area contributed by atoms with Crippen LogP contribution in [-0.2, 0) is 14.2 Å². The molecule has 2 saturated heterocycles. The zero-order valence-electron chi connectivity index (χ0n) is 19.5. The van der Waals surface area contributed by atoms with Crippen molar-refractivity contribution in [1.82, 2.24) is 15.8 Å². The van der Waals surface area contributed by atoms with Crippen LogP contribution in [0.1, 0.15) is 28.2 Å². The molecule has 196 valence electrons. The van der Waals surface area contributed by atoms with Crippen molar-refractivity contribution in [3.05, 3.63) is 23.8 Å². The highest BCUT2D eigenvalue weighted by Crippen LogP contribution is 2.31. The van der Waals surface area contributed by atoms with Crippen LogP contribution in [0.5, 0.6) is 0 Å². The Hall–Kier alpha value is -2.93. The van der Waals surface area contributed by atoms with Gasteiger partial charge in [-0.2, -0.15) is 0 Å². The van der Waals surface area contributed by atoms with Gasteiger partial charge >= 0.3 is 12.2 Å². The first-order valence-electron chi connectivity index (χ1n) is 10.8. The lowest BCUT2D eigenvalue weighted by atomic mass is 10.2. The largest absolute Gasteiger partial charge is 0.474 e. The Kier molecular flexibility index (Phi) is 9.44. The van der Waals surface area contributed by atoms with E-state index < -0.39 is 35.5 Å². The maximum atomic E-state index is 15.1. The highest BCUT2D eigenvalue weighted by Gasteiger charge is 2.34. The number of benzene rings is 1. The van der Waals surface area contributed by atoms with Crippen molar-refractivity contribution in [2.24, 2.45) is 0 Å². The van der Waals surface area contributed by atoms with E-state index in [4.69, 9.17) is 26.4 Å². The van der Waals surface area contributed by atoms with E-state index in [0.29, 0.717) is 0 Å². The average molecular weight is 518 g/mol. The summed E-state index contributed by atoms with van der Waals surface area (Å²) in [5, 5.41) is 4.22. The molecule has 10 nitrogen and oxygen atoms in total. The molecule has 0 spiro atoms. The Labute approximate surface area is 209 Å². The Morgan fingerprint density at radius 1 is 1.26 bits per heavy atom. The van der Waals surface area contributed by atoms with Gasteiger partial charge in [0.1, 0.15) is 17.4 Å². The van der Waals surface area contributed by atoms with Crippen molar-refractivity contribution in [2.45, 2.75) is 39.9 Å². The first kappa shape index (κ1) is 28.3. The summed E-state index contributed by atoms with van der Waals surface area (Å²) in [6, 6.07) is 2.19. The zero-order valence-corrected chi connectivity index (χ0v) is 20.3. The highest BCUT2D eigenvalue weighted by atomic mass is 32.1. The molecule has 1 aromatic rings. The van der Waals surface area contributed by atoms with Crippen LogP contribution >= 0.6 is 12.2 Å². The molecule has 0 radical (unpaired) electrons. The van der Waals surface area contributed by atoms with Crippen LogP contribution in [0.4, 0.5) is 29.7 Å². The van der Waals surface area contributed by atoms with Crippen molar-refractivity contribution < 1.29 is 32.6 Å². The molecule has 0 bridgehead atoms. The number of hydrogen-bond donors (Lipinski definition) is 2. The number of hydrogen-bond acceptors (Lipinski definition) is 8. The van der Waals surface area contributed by atoms with E-state index >= 15 is 8.78 Å². The summed E-state index contributed by atoms with van der Waals surface area (Å²) in [4.78, 5) is 27.2. The van der Waals surface area contributed by atoms with Crippen LogP contribution in [0.25, 0.3) is 0 Å². The molecular formula is C22H33F2N5O5S. The topological polar surface area (TPSA) is 95.6 Å². The smallest absolute Gasteiger partial charge is 0.424 e. The number of halogens is 2. The Morgan fingerprint density at radius 3 is 2.51 bits per heavy atom. The van der Waals surface area contributed by atoms with E-state index in [1.165, 1.54) is 17.0 Å². The van der Waals surface area contributed by atoms with E-state index in [2.05, 4.69) is 10.7 Å². The van der Waals surface area contributed by atoms with Gasteiger partial charge in [-0.3, -0.25) is 4.90 Å². The van der Waals surface area contributed by atoms with Gasteiger partial charge in [0.25, 0.3) is 5.17 Å². The molecule has 2 N–H and O–H groups in total. The Balaban J connectivity index is 0.00000432. The number of ether oxygens (including phenoxy) is 3. The van der Waals surface area contributed by atoms with Crippen LogP contribution in [-0.4, -0.2) is 80.5 Å². The van der Waals surface area contributed by atoms with Crippen LogP contribution in [0.3, 0.4) is 0 Å². The number of methoxy groups -OCH3 is 1. The zero-order chi connectivity index (χ0) is 25.0. The molecule has 2 heterocycles. The molecule has 0 saturated carbocycles. The van der Waals surface area contributed by atoms with Crippen LogP contribution in [0, 0.1) is 11.6 Å². The quantitative estimate of drug-likeness (QED) is 0.585. The number of nitrogens with zero attached hydrogens (tertiary/aromatic N) is 3. The second kappa shape index (κ2) is 11.7. The summed E-state index contributed by atoms with van der Waals surface area (Å²) < 4.78 is 45.5. The van der Waals surface area contributed by atoms with Crippen molar-refractivity contribution in [3.8, 4) is 0 Å². The summed E-state index contributed by atoms with van der Waals surface area (Å²) in [7, 11) is 1.41. The number of carbonyl (C=O) groups excluding carboxylic acids is 2. The third kappa shape index (κ3) is 7.28. The molecule has 0 unspecified atom stereocenters. The number of cyclic esters (lactones) is 1. The third-order valence-corrected chi connectivity index (χ3v) is 5.37. The van der Waals surface area contributed by atoms with Crippen molar-refractivity contribution >= 4 is 41.0 Å².